The number of hydrogen-bond acceptors (Lipinski definition) is 5. The molecule has 0 bridgehead atoms. The minimum absolute atomic E-state index is 0.584. The topological polar surface area (TPSA) is 84.2 Å². The summed E-state index contributed by atoms with van der Waals surface area (Å²) in [6, 6.07) is 5.47. The number of rotatable bonds is 5. The quantitative estimate of drug-likeness (QED) is 0.887. The fourth-order valence-corrected chi connectivity index (χ4v) is 2.66. The number of benzene rings is 1. The van der Waals surface area contributed by atoms with Crippen molar-refractivity contribution in [1.82, 2.24) is 5.16 Å². The monoisotopic (exact) mass is 309 g/mol. The van der Waals surface area contributed by atoms with E-state index in [0.717, 1.165) is 34.5 Å². The van der Waals surface area contributed by atoms with E-state index in [4.69, 9.17) is 4.52 Å². The molecular formula is C14H19N3O3S. The molecular weight excluding hydrogens is 290 g/mol. The molecule has 0 radical (unpaired) electrons. The van der Waals surface area contributed by atoms with Gasteiger partial charge in [-0.05, 0) is 44.5 Å². The van der Waals surface area contributed by atoms with Crippen LogP contribution < -0.4 is 10.0 Å². The molecule has 1 heterocycles. The zero-order valence-corrected chi connectivity index (χ0v) is 13.3. The summed E-state index contributed by atoms with van der Waals surface area (Å²) in [6.07, 6.45) is 1.13. The van der Waals surface area contributed by atoms with Crippen molar-refractivity contribution in [2.75, 3.05) is 16.3 Å². The number of hydrogen-bond donors (Lipinski definition) is 2. The summed E-state index contributed by atoms with van der Waals surface area (Å²) >= 11 is 0. The first kappa shape index (κ1) is 15.4. The lowest BCUT2D eigenvalue weighted by Gasteiger charge is -2.11. The molecule has 0 unspecified atom stereocenters. The summed E-state index contributed by atoms with van der Waals surface area (Å²) < 4.78 is 30.1. The van der Waals surface area contributed by atoms with E-state index in [9.17, 15) is 8.42 Å². The molecule has 0 fully saturated rings. The molecule has 1 aromatic carbocycles. The second kappa shape index (κ2) is 5.77. The zero-order chi connectivity index (χ0) is 15.6. The van der Waals surface area contributed by atoms with Gasteiger partial charge in [0.25, 0.3) is 0 Å². The molecule has 0 aliphatic carbocycles. The maximum absolute atomic E-state index is 11.2. The molecule has 0 aliphatic rings. The molecule has 0 aliphatic heterocycles. The first-order chi connectivity index (χ1) is 9.76. The lowest BCUT2D eigenvalue weighted by Crippen LogP contribution is -2.10. The number of anilines is 2. The van der Waals surface area contributed by atoms with Gasteiger partial charge >= 0.3 is 0 Å². The number of aromatic nitrogens is 1. The van der Waals surface area contributed by atoms with Crippen molar-refractivity contribution in [1.29, 1.82) is 0 Å². The highest BCUT2D eigenvalue weighted by Crippen LogP contribution is 2.22. The molecule has 7 heteroatoms. The average Bonchev–Trinajstić information content (AvgIpc) is 2.68. The van der Waals surface area contributed by atoms with Gasteiger partial charge in [0.2, 0.25) is 10.0 Å². The predicted molar refractivity (Wildman–Crippen MR) is 82.9 cm³/mol. The third kappa shape index (κ3) is 3.98. The van der Waals surface area contributed by atoms with Crippen molar-refractivity contribution < 1.29 is 12.9 Å². The Morgan fingerprint density at radius 3 is 2.48 bits per heavy atom. The van der Waals surface area contributed by atoms with Crippen molar-refractivity contribution in [3.8, 4) is 0 Å². The highest BCUT2D eigenvalue weighted by Gasteiger charge is 2.09. The Labute approximate surface area is 124 Å². The second-order valence-corrected chi connectivity index (χ2v) is 6.81. The molecule has 114 valence electrons. The first-order valence-corrected chi connectivity index (χ1v) is 8.39. The molecule has 0 saturated carbocycles. The van der Waals surface area contributed by atoms with Crippen LogP contribution in [0.25, 0.3) is 0 Å². The number of nitrogens with zero attached hydrogens (tertiary/aromatic N) is 1. The van der Waals surface area contributed by atoms with Gasteiger partial charge in [0.1, 0.15) is 5.76 Å². The van der Waals surface area contributed by atoms with E-state index in [2.05, 4.69) is 15.2 Å². The smallest absolute Gasteiger partial charge is 0.229 e. The van der Waals surface area contributed by atoms with Crippen LogP contribution in [0.3, 0.4) is 0 Å². The van der Waals surface area contributed by atoms with E-state index in [-0.39, 0.29) is 0 Å². The van der Waals surface area contributed by atoms with Gasteiger partial charge in [-0.3, -0.25) is 4.72 Å². The van der Waals surface area contributed by atoms with E-state index >= 15 is 0 Å². The maximum Gasteiger partial charge on any atom is 0.229 e. The Kier molecular flexibility index (Phi) is 4.22. The van der Waals surface area contributed by atoms with Crippen LogP contribution in [0.2, 0.25) is 0 Å². The third-order valence-electron chi connectivity index (χ3n) is 3.17. The van der Waals surface area contributed by atoms with Crippen LogP contribution >= 0.6 is 0 Å². The van der Waals surface area contributed by atoms with E-state index < -0.39 is 10.0 Å². The van der Waals surface area contributed by atoms with E-state index in [1.807, 2.05) is 32.9 Å². The Hall–Kier alpha value is -2.02. The van der Waals surface area contributed by atoms with Crippen LogP contribution in [0.15, 0.2) is 22.7 Å². The van der Waals surface area contributed by atoms with Gasteiger partial charge in [-0.1, -0.05) is 5.16 Å². The number of aryl methyl sites for hydroxylation is 3. The fourth-order valence-electron chi connectivity index (χ4n) is 2.03. The highest BCUT2D eigenvalue weighted by molar-refractivity contribution is 7.92. The number of sulfonamides is 1. The predicted octanol–water partition coefficient (Wildman–Crippen LogP) is 2.58. The lowest BCUT2D eigenvalue weighted by atomic mass is 10.1. The highest BCUT2D eigenvalue weighted by atomic mass is 32.2. The average molecular weight is 309 g/mol. The molecule has 0 saturated heterocycles. The Morgan fingerprint density at radius 1 is 1.24 bits per heavy atom. The fraction of sp³-hybridized carbons (Fsp3) is 0.357. The summed E-state index contributed by atoms with van der Waals surface area (Å²) in [5.41, 5.74) is 4.24. The van der Waals surface area contributed by atoms with Crippen LogP contribution in [0, 0.1) is 20.8 Å². The van der Waals surface area contributed by atoms with Gasteiger partial charge in [0.15, 0.2) is 0 Å². The molecule has 0 spiro atoms. The van der Waals surface area contributed by atoms with Crippen LogP contribution in [-0.4, -0.2) is 19.8 Å². The van der Waals surface area contributed by atoms with Crippen LogP contribution in [-0.2, 0) is 16.6 Å². The lowest BCUT2D eigenvalue weighted by molar-refractivity contribution is 0.392. The normalized spacial score (nSPS) is 11.4. The van der Waals surface area contributed by atoms with Crippen molar-refractivity contribution in [2.24, 2.45) is 0 Å². The van der Waals surface area contributed by atoms with Gasteiger partial charge < -0.3 is 9.84 Å². The molecule has 2 rings (SSSR count). The molecule has 2 N–H and O–H groups in total. The van der Waals surface area contributed by atoms with Crippen molar-refractivity contribution >= 4 is 21.4 Å². The Balaban J connectivity index is 2.10. The summed E-state index contributed by atoms with van der Waals surface area (Å²) in [5, 5.41) is 7.19. The third-order valence-corrected chi connectivity index (χ3v) is 3.76. The van der Waals surface area contributed by atoms with Gasteiger partial charge in [0.05, 0.1) is 17.6 Å². The van der Waals surface area contributed by atoms with Gasteiger partial charge in [-0.25, -0.2) is 8.42 Å². The molecule has 6 nitrogen and oxygen atoms in total. The standard InChI is InChI=1S/C14H19N3O3S/c1-9-7-12(5-6-14(9)17-21(4,18)19)15-8-13-10(2)16-20-11(13)3/h5-7,15,17H,8H2,1-4H3. The summed E-state index contributed by atoms with van der Waals surface area (Å²) in [4.78, 5) is 0. The maximum atomic E-state index is 11.2. The SMILES string of the molecule is Cc1cc(NCc2c(C)noc2C)ccc1NS(C)(=O)=O. The van der Waals surface area contributed by atoms with Crippen LogP contribution in [0.5, 0.6) is 0 Å². The second-order valence-electron chi connectivity index (χ2n) is 5.06. The van der Waals surface area contributed by atoms with Crippen LogP contribution in [0.1, 0.15) is 22.6 Å². The summed E-state index contributed by atoms with van der Waals surface area (Å²) in [7, 11) is -3.26. The molecule has 1 aromatic heterocycles. The van der Waals surface area contributed by atoms with E-state index in [1.165, 1.54) is 0 Å². The molecule has 21 heavy (non-hydrogen) atoms. The van der Waals surface area contributed by atoms with Crippen molar-refractivity contribution in [3.63, 3.8) is 0 Å². The van der Waals surface area contributed by atoms with E-state index in [0.29, 0.717) is 12.2 Å². The molecule has 2 aromatic rings. The van der Waals surface area contributed by atoms with Gasteiger partial charge in [-0.2, -0.15) is 0 Å². The Bertz CT molecular complexity index is 731. The zero-order valence-electron chi connectivity index (χ0n) is 12.5. The molecule has 0 atom stereocenters. The van der Waals surface area contributed by atoms with Crippen molar-refractivity contribution in [3.05, 3.63) is 40.8 Å². The summed E-state index contributed by atoms with van der Waals surface area (Å²) in [5.74, 6) is 0.798. The minimum atomic E-state index is -3.26. The van der Waals surface area contributed by atoms with Crippen molar-refractivity contribution in [2.45, 2.75) is 27.3 Å². The Morgan fingerprint density at radius 2 is 1.95 bits per heavy atom. The molecule has 0 amide bonds. The number of nitrogens with one attached hydrogen (secondary N) is 2. The van der Waals surface area contributed by atoms with Crippen LogP contribution in [0.4, 0.5) is 11.4 Å². The summed E-state index contributed by atoms with van der Waals surface area (Å²) in [6.45, 7) is 6.24. The largest absolute Gasteiger partial charge is 0.381 e. The minimum Gasteiger partial charge on any atom is -0.381 e. The van der Waals surface area contributed by atoms with Gasteiger partial charge in [-0.15, -0.1) is 0 Å². The van der Waals surface area contributed by atoms with E-state index in [1.54, 1.807) is 6.07 Å². The van der Waals surface area contributed by atoms with Gasteiger partial charge in [0, 0.05) is 17.8 Å². The first-order valence-electron chi connectivity index (χ1n) is 6.50.